The Kier molecular flexibility index (Phi) is 4.01. The molecule has 6 nitrogen and oxygen atoms in total. The molecule has 0 radical (unpaired) electrons. The lowest BCUT2D eigenvalue weighted by Gasteiger charge is -2.19. The highest BCUT2D eigenvalue weighted by Crippen LogP contribution is 2.22. The van der Waals surface area contributed by atoms with Crippen molar-refractivity contribution in [3.8, 4) is 0 Å². The van der Waals surface area contributed by atoms with Gasteiger partial charge in [-0.1, -0.05) is 12.1 Å². The average Bonchev–Trinajstić information content (AvgIpc) is 3.34. The minimum atomic E-state index is -0.808. The van der Waals surface area contributed by atoms with Crippen molar-refractivity contribution >= 4 is 16.7 Å². The molecule has 4 aromatic rings. The third-order valence-corrected chi connectivity index (χ3v) is 4.34. The first-order valence-electron chi connectivity index (χ1n) is 8.23. The van der Waals surface area contributed by atoms with Gasteiger partial charge in [0.15, 0.2) is 5.76 Å². The van der Waals surface area contributed by atoms with Crippen LogP contribution >= 0.6 is 0 Å². The molecule has 0 bridgehead atoms. The van der Waals surface area contributed by atoms with Gasteiger partial charge in [0.1, 0.15) is 17.6 Å². The normalized spacial score (nSPS) is 12.3. The molecule has 0 aliphatic rings. The van der Waals surface area contributed by atoms with Gasteiger partial charge in [0.25, 0.3) is 5.56 Å². The predicted octanol–water partition coefficient (Wildman–Crippen LogP) is 3.56. The summed E-state index contributed by atoms with van der Waals surface area (Å²) in [5, 5.41) is 0.467. The fourth-order valence-corrected chi connectivity index (χ4v) is 3.13. The molecule has 1 aromatic carbocycles. The third-order valence-electron chi connectivity index (χ3n) is 4.34. The summed E-state index contributed by atoms with van der Waals surface area (Å²) < 4.78 is 12.1. The summed E-state index contributed by atoms with van der Waals surface area (Å²) in [7, 11) is 0. The smallest absolute Gasteiger partial charge is 0.262 e. The molecule has 0 spiro atoms. The van der Waals surface area contributed by atoms with Crippen LogP contribution in [0.5, 0.6) is 0 Å². The molecule has 0 fully saturated rings. The van der Waals surface area contributed by atoms with Crippen LogP contribution in [0.1, 0.15) is 28.2 Å². The van der Waals surface area contributed by atoms with Crippen LogP contribution in [0.25, 0.3) is 10.9 Å². The van der Waals surface area contributed by atoms with Gasteiger partial charge in [-0.2, -0.15) is 0 Å². The molecule has 0 N–H and O–H groups in total. The SMILES string of the molecule is Cc1nc2ccccc2c(=O)n1[C@@H](Cc1ccco1)C(=O)c1ccco1. The highest BCUT2D eigenvalue weighted by Gasteiger charge is 2.28. The van der Waals surface area contributed by atoms with Gasteiger partial charge in [0.05, 0.1) is 23.4 Å². The van der Waals surface area contributed by atoms with E-state index in [4.69, 9.17) is 8.83 Å². The van der Waals surface area contributed by atoms with Crippen LogP contribution in [-0.4, -0.2) is 15.3 Å². The van der Waals surface area contributed by atoms with Crippen LogP contribution in [0, 0.1) is 6.92 Å². The number of hydrogen-bond donors (Lipinski definition) is 0. The maximum atomic E-state index is 13.1. The molecule has 3 heterocycles. The van der Waals surface area contributed by atoms with Gasteiger partial charge in [0, 0.05) is 6.42 Å². The fourth-order valence-electron chi connectivity index (χ4n) is 3.13. The Labute approximate surface area is 148 Å². The van der Waals surface area contributed by atoms with Gasteiger partial charge in [-0.3, -0.25) is 14.2 Å². The lowest BCUT2D eigenvalue weighted by atomic mass is 10.0. The number of nitrogens with zero attached hydrogens (tertiary/aromatic N) is 2. The first-order valence-corrected chi connectivity index (χ1v) is 8.23. The topological polar surface area (TPSA) is 78.2 Å². The minimum Gasteiger partial charge on any atom is -0.469 e. The van der Waals surface area contributed by atoms with E-state index in [0.29, 0.717) is 22.5 Å². The van der Waals surface area contributed by atoms with Crippen LogP contribution in [0.2, 0.25) is 0 Å². The Morgan fingerprint density at radius 1 is 1.08 bits per heavy atom. The van der Waals surface area contributed by atoms with Gasteiger partial charge in [-0.05, 0) is 43.3 Å². The number of furan rings is 2. The number of rotatable bonds is 5. The maximum Gasteiger partial charge on any atom is 0.262 e. The minimum absolute atomic E-state index is 0.195. The van der Waals surface area contributed by atoms with Crippen molar-refractivity contribution < 1.29 is 13.6 Å². The summed E-state index contributed by atoms with van der Waals surface area (Å²) in [4.78, 5) is 30.7. The summed E-state index contributed by atoms with van der Waals surface area (Å²) >= 11 is 0. The summed E-state index contributed by atoms with van der Waals surface area (Å²) in [5.74, 6) is 0.967. The van der Waals surface area contributed by atoms with E-state index < -0.39 is 6.04 Å². The van der Waals surface area contributed by atoms with E-state index in [0.717, 1.165) is 0 Å². The van der Waals surface area contributed by atoms with Gasteiger partial charge in [-0.25, -0.2) is 4.98 Å². The highest BCUT2D eigenvalue weighted by molar-refractivity contribution is 5.97. The summed E-state index contributed by atoms with van der Waals surface area (Å²) in [6.45, 7) is 1.72. The number of aryl methyl sites for hydroxylation is 1. The second kappa shape index (κ2) is 6.48. The van der Waals surface area contributed by atoms with Crippen LogP contribution in [-0.2, 0) is 6.42 Å². The Hall–Kier alpha value is -3.41. The van der Waals surface area contributed by atoms with E-state index in [9.17, 15) is 9.59 Å². The van der Waals surface area contributed by atoms with Gasteiger partial charge in [-0.15, -0.1) is 0 Å². The van der Waals surface area contributed by atoms with Gasteiger partial charge < -0.3 is 8.83 Å². The Bertz CT molecular complexity index is 1110. The van der Waals surface area contributed by atoms with Crippen molar-refractivity contribution in [3.63, 3.8) is 0 Å². The number of benzene rings is 1. The molecule has 130 valence electrons. The van der Waals surface area contributed by atoms with Crippen molar-refractivity contribution in [1.29, 1.82) is 0 Å². The zero-order chi connectivity index (χ0) is 18.1. The Balaban J connectivity index is 1.90. The van der Waals surface area contributed by atoms with E-state index in [-0.39, 0.29) is 23.5 Å². The fraction of sp³-hybridized carbons (Fsp3) is 0.150. The molecule has 0 saturated heterocycles. The van der Waals surface area contributed by atoms with Crippen molar-refractivity contribution in [1.82, 2.24) is 9.55 Å². The second-order valence-corrected chi connectivity index (χ2v) is 5.99. The number of ketones is 1. The molecular weight excluding hydrogens is 332 g/mol. The lowest BCUT2D eigenvalue weighted by Crippen LogP contribution is -2.33. The van der Waals surface area contributed by atoms with Crippen molar-refractivity contribution in [3.05, 3.63) is 88.8 Å². The molecule has 26 heavy (non-hydrogen) atoms. The molecule has 0 aliphatic heterocycles. The Morgan fingerprint density at radius 2 is 1.85 bits per heavy atom. The number of fused-ring (bicyclic) bond motifs is 1. The van der Waals surface area contributed by atoms with E-state index in [1.54, 1.807) is 49.4 Å². The van der Waals surface area contributed by atoms with E-state index in [1.165, 1.54) is 17.1 Å². The number of Topliss-reactive ketones (excluding diaryl/α,β-unsaturated/α-hetero) is 1. The summed E-state index contributed by atoms with van der Waals surface area (Å²) in [6, 6.07) is 13.0. The van der Waals surface area contributed by atoms with Gasteiger partial charge >= 0.3 is 0 Å². The predicted molar refractivity (Wildman–Crippen MR) is 95.2 cm³/mol. The molecule has 6 heteroatoms. The summed E-state index contributed by atoms with van der Waals surface area (Å²) in [6.07, 6.45) is 3.21. The molecule has 4 rings (SSSR count). The number of para-hydroxylation sites is 1. The van der Waals surface area contributed by atoms with Crippen molar-refractivity contribution in [2.75, 3.05) is 0 Å². The molecule has 0 unspecified atom stereocenters. The van der Waals surface area contributed by atoms with Crippen LogP contribution < -0.4 is 5.56 Å². The zero-order valence-corrected chi connectivity index (χ0v) is 14.1. The van der Waals surface area contributed by atoms with Crippen LogP contribution in [0.3, 0.4) is 0 Å². The molecule has 1 atom stereocenters. The number of hydrogen-bond acceptors (Lipinski definition) is 5. The van der Waals surface area contributed by atoms with Crippen molar-refractivity contribution in [2.45, 2.75) is 19.4 Å². The average molecular weight is 348 g/mol. The third kappa shape index (κ3) is 2.75. The molecule has 3 aromatic heterocycles. The van der Waals surface area contributed by atoms with E-state index >= 15 is 0 Å². The monoisotopic (exact) mass is 348 g/mol. The molecule has 0 aliphatic carbocycles. The maximum absolute atomic E-state index is 13.1. The highest BCUT2D eigenvalue weighted by atomic mass is 16.3. The molecular formula is C20H16N2O4. The Morgan fingerprint density at radius 3 is 2.58 bits per heavy atom. The van der Waals surface area contributed by atoms with E-state index in [1.807, 2.05) is 6.07 Å². The zero-order valence-electron chi connectivity index (χ0n) is 14.1. The number of aromatic nitrogens is 2. The lowest BCUT2D eigenvalue weighted by molar-refractivity contribution is 0.0888. The number of carbonyl (C=O) groups excluding carboxylic acids is 1. The largest absolute Gasteiger partial charge is 0.469 e. The first-order chi connectivity index (χ1) is 12.6. The quantitative estimate of drug-likeness (QED) is 0.515. The first kappa shape index (κ1) is 16.1. The van der Waals surface area contributed by atoms with Gasteiger partial charge in [0.2, 0.25) is 5.78 Å². The standard InChI is InChI=1S/C20H16N2O4/c1-13-21-16-8-3-2-7-15(16)20(24)22(13)17(12-14-6-4-10-25-14)19(23)18-9-5-11-26-18/h2-11,17H,12H2,1H3/t17-/m0/s1. The summed E-state index contributed by atoms with van der Waals surface area (Å²) in [5.41, 5.74) is 0.345. The van der Waals surface area contributed by atoms with Crippen LogP contribution in [0.4, 0.5) is 0 Å². The number of carbonyl (C=O) groups is 1. The second-order valence-electron chi connectivity index (χ2n) is 5.99. The molecule has 0 saturated carbocycles. The van der Waals surface area contributed by atoms with E-state index in [2.05, 4.69) is 4.98 Å². The molecule has 0 amide bonds. The van der Waals surface area contributed by atoms with Crippen LogP contribution in [0.15, 0.2) is 74.7 Å². The van der Waals surface area contributed by atoms with Crippen molar-refractivity contribution in [2.24, 2.45) is 0 Å².